The third-order valence-corrected chi connectivity index (χ3v) is 6.34. The number of aromatic nitrogens is 1. The maximum atomic E-state index is 12.9. The molecular formula is C24H25N5O4. The second kappa shape index (κ2) is 8.57. The van der Waals surface area contributed by atoms with Gasteiger partial charge in [0.15, 0.2) is 0 Å². The van der Waals surface area contributed by atoms with Crippen LogP contribution < -0.4 is 10.2 Å². The minimum atomic E-state index is -0.447. The van der Waals surface area contributed by atoms with Gasteiger partial charge in [-0.05, 0) is 36.6 Å². The zero-order valence-corrected chi connectivity index (χ0v) is 18.1. The largest absolute Gasteiger partial charge is 0.362 e. The Morgan fingerprint density at radius 1 is 1.09 bits per heavy atom. The van der Waals surface area contributed by atoms with Crippen LogP contribution in [-0.2, 0) is 11.2 Å². The molecule has 2 aromatic carbocycles. The predicted molar refractivity (Wildman–Crippen MR) is 124 cm³/mol. The number of hydrogen-bond acceptors (Lipinski definition) is 5. The Hall–Kier alpha value is -3.88. The van der Waals surface area contributed by atoms with Gasteiger partial charge in [-0.15, -0.1) is 0 Å². The molecule has 1 aliphatic heterocycles. The van der Waals surface area contributed by atoms with E-state index in [1.165, 1.54) is 6.07 Å². The molecule has 0 radical (unpaired) electrons. The monoisotopic (exact) mass is 447 g/mol. The lowest BCUT2D eigenvalue weighted by molar-refractivity contribution is -0.384. The molecule has 1 aromatic heterocycles. The Morgan fingerprint density at radius 2 is 1.85 bits per heavy atom. The highest BCUT2D eigenvalue weighted by Gasteiger charge is 2.28. The van der Waals surface area contributed by atoms with E-state index in [0.29, 0.717) is 43.9 Å². The van der Waals surface area contributed by atoms with Crippen molar-refractivity contribution < 1.29 is 14.5 Å². The van der Waals surface area contributed by atoms with E-state index < -0.39 is 4.92 Å². The van der Waals surface area contributed by atoms with Gasteiger partial charge in [-0.1, -0.05) is 18.2 Å². The second-order valence-corrected chi connectivity index (χ2v) is 8.61. The number of fused-ring (bicyclic) bond motifs is 1. The predicted octanol–water partition coefficient (Wildman–Crippen LogP) is 2.86. The number of hydrogen-bond donors (Lipinski definition) is 2. The quantitative estimate of drug-likeness (QED) is 0.446. The van der Waals surface area contributed by atoms with E-state index in [0.717, 1.165) is 29.3 Å². The summed E-state index contributed by atoms with van der Waals surface area (Å²) < 4.78 is 0. The molecule has 3 aromatic rings. The molecule has 2 aliphatic rings. The number of nitrogens with zero attached hydrogens (tertiary/aromatic N) is 3. The highest BCUT2D eigenvalue weighted by molar-refractivity contribution is 5.96. The van der Waals surface area contributed by atoms with Gasteiger partial charge < -0.3 is 20.1 Å². The van der Waals surface area contributed by atoms with Crippen molar-refractivity contribution in [3.05, 3.63) is 69.9 Å². The van der Waals surface area contributed by atoms with E-state index in [1.54, 1.807) is 12.1 Å². The average Bonchev–Trinajstić information content (AvgIpc) is 3.56. The Morgan fingerprint density at radius 3 is 2.58 bits per heavy atom. The highest BCUT2D eigenvalue weighted by atomic mass is 16.6. The fourth-order valence-electron chi connectivity index (χ4n) is 4.32. The van der Waals surface area contributed by atoms with Crippen molar-refractivity contribution >= 4 is 34.1 Å². The molecule has 0 spiro atoms. The number of benzene rings is 2. The summed E-state index contributed by atoms with van der Waals surface area (Å²) in [4.78, 5) is 43.4. The van der Waals surface area contributed by atoms with Gasteiger partial charge in [0, 0.05) is 61.0 Å². The van der Waals surface area contributed by atoms with E-state index in [2.05, 4.69) is 10.3 Å². The van der Waals surface area contributed by atoms with Gasteiger partial charge in [0.25, 0.3) is 11.6 Å². The molecule has 2 amide bonds. The number of aromatic amines is 1. The number of rotatable bonds is 6. The van der Waals surface area contributed by atoms with Crippen LogP contribution in [0.15, 0.2) is 48.7 Å². The Balaban J connectivity index is 1.25. The molecular weight excluding hydrogens is 422 g/mol. The Labute approximate surface area is 190 Å². The summed E-state index contributed by atoms with van der Waals surface area (Å²) in [7, 11) is 0. The van der Waals surface area contributed by atoms with Crippen LogP contribution in [0.3, 0.4) is 0 Å². The van der Waals surface area contributed by atoms with Gasteiger partial charge in [0.2, 0.25) is 5.91 Å². The lowest BCUT2D eigenvalue weighted by Crippen LogP contribution is -2.49. The van der Waals surface area contributed by atoms with Crippen LogP contribution in [-0.4, -0.2) is 58.8 Å². The molecule has 2 heterocycles. The summed E-state index contributed by atoms with van der Waals surface area (Å²) >= 11 is 0. The molecule has 170 valence electrons. The number of carbonyl (C=O) groups excluding carboxylic acids is 2. The zero-order chi connectivity index (χ0) is 22.9. The number of para-hydroxylation sites is 1. The molecule has 5 rings (SSSR count). The number of nitrogens with one attached hydrogen (secondary N) is 2. The first-order valence-corrected chi connectivity index (χ1v) is 11.2. The van der Waals surface area contributed by atoms with Crippen molar-refractivity contribution in [2.45, 2.75) is 25.3 Å². The Kier molecular flexibility index (Phi) is 5.45. The molecule has 9 nitrogen and oxygen atoms in total. The number of nitro benzene ring substituents is 1. The third kappa shape index (κ3) is 4.39. The number of piperazine rings is 1. The third-order valence-electron chi connectivity index (χ3n) is 6.34. The molecule has 1 saturated heterocycles. The van der Waals surface area contributed by atoms with Crippen molar-refractivity contribution in [3.63, 3.8) is 0 Å². The van der Waals surface area contributed by atoms with Gasteiger partial charge in [-0.3, -0.25) is 19.7 Å². The molecule has 0 bridgehead atoms. The summed E-state index contributed by atoms with van der Waals surface area (Å²) in [5.41, 5.74) is 2.66. The second-order valence-electron chi connectivity index (χ2n) is 8.61. The van der Waals surface area contributed by atoms with E-state index in [1.807, 2.05) is 40.3 Å². The molecule has 2 fully saturated rings. The standard InChI is InChI=1S/C24H25N5O4/c30-23(14-17-15-25-20-4-2-1-3-19(17)20)28-11-9-27(10-12-28)21-8-5-16(13-22(21)29(32)33)24(31)26-18-6-7-18/h1-5,8,13,15,18,25H,6-7,9-12,14H2,(H,26,31). The number of H-pyrrole nitrogens is 1. The fraction of sp³-hybridized carbons (Fsp3) is 0.333. The maximum absolute atomic E-state index is 12.9. The lowest BCUT2D eigenvalue weighted by Gasteiger charge is -2.36. The summed E-state index contributed by atoms with van der Waals surface area (Å²) in [5.74, 6) is -0.235. The van der Waals surface area contributed by atoms with Gasteiger partial charge in [-0.2, -0.15) is 0 Å². The van der Waals surface area contributed by atoms with Crippen LogP contribution in [0.5, 0.6) is 0 Å². The van der Waals surface area contributed by atoms with Gasteiger partial charge in [0.05, 0.1) is 11.3 Å². The van der Waals surface area contributed by atoms with Crippen LogP contribution in [0.1, 0.15) is 28.8 Å². The van der Waals surface area contributed by atoms with E-state index in [4.69, 9.17) is 0 Å². The molecule has 9 heteroatoms. The van der Waals surface area contributed by atoms with Crippen molar-refractivity contribution in [2.75, 3.05) is 31.1 Å². The summed E-state index contributed by atoms with van der Waals surface area (Å²) in [6.45, 7) is 1.96. The van der Waals surface area contributed by atoms with Gasteiger partial charge in [-0.25, -0.2) is 0 Å². The number of anilines is 1. The van der Waals surface area contributed by atoms with Gasteiger partial charge >= 0.3 is 0 Å². The summed E-state index contributed by atoms with van der Waals surface area (Å²) in [5, 5.41) is 15.6. The molecule has 33 heavy (non-hydrogen) atoms. The first-order chi connectivity index (χ1) is 16.0. The first-order valence-electron chi connectivity index (χ1n) is 11.2. The average molecular weight is 447 g/mol. The van der Waals surface area contributed by atoms with Crippen LogP contribution >= 0.6 is 0 Å². The SMILES string of the molecule is O=C(NC1CC1)c1ccc(N2CCN(C(=O)Cc3c[nH]c4ccccc34)CC2)c([N+](=O)[O-])c1. The minimum absolute atomic E-state index is 0.0426. The smallest absolute Gasteiger partial charge is 0.293 e. The Bertz CT molecular complexity index is 1220. The normalized spacial score (nSPS) is 16.1. The van der Waals surface area contributed by atoms with Crippen molar-refractivity contribution in [1.82, 2.24) is 15.2 Å². The van der Waals surface area contributed by atoms with Gasteiger partial charge in [0.1, 0.15) is 5.69 Å². The summed E-state index contributed by atoms with van der Waals surface area (Å²) in [6, 6.07) is 12.7. The molecule has 1 saturated carbocycles. The number of amides is 2. The topological polar surface area (TPSA) is 112 Å². The van der Waals surface area contributed by atoms with E-state index >= 15 is 0 Å². The lowest BCUT2D eigenvalue weighted by atomic mass is 10.1. The number of carbonyl (C=O) groups is 2. The highest BCUT2D eigenvalue weighted by Crippen LogP contribution is 2.31. The van der Waals surface area contributed by atoms with Crippen LogP contribution in [0.2, 0.25) is 0 Å². The fourth-order valence-corrected chi connectivity index (χ4v) is 4.32. The molecule has 1 aliphatic carbocycles. The van der Waals surface area contributed by atoms with Crippen LogP contribution in [0.25, 0.3) is 10.9 Å². The van der Waals surface area contributed by atoms with E-state index in [-0.39, 0.29) is 23.5 Å². The van der Waals surface area contributed by atoms with Crippen LogP contribution in [0.4, 0.5) is 11.4 Å². The minimum Gasteiger partial charge on any atom is -0.362 e. The van der Waals surface area contributed by atoms with Crippen molar-refractivity contribution in [2.24, 2.45) is 0 Å². The van der Waals surface area contributed by atoms with E-state index in [9.17, 15) is 19.7 Å². The van der Waals surface area contributed by atoms with Crippen molar-refractivity contribution in [3.8, 4) is 0 Å². The first kappa shape index (κ1) is 21.0. The number of nitro groups is 1. The molecule has 0 atom stereocenters. The summed E-state index contributed by atoms with van der Waals surface area (Å²) in [6.07, 6.45) is 4.10. The zero-order valence-electron chi connectivity index (χ0n) is 18.1. The molecule has 2 N–H and O–H groups in total. The van der Waals surface area contributed by atoms with Crippen LogP contribution in [0, 0.1) is 10.1 Å². The molecule has 0 unspecified atom stereocenters. The maximum Gasteiger partial charge on any atom is 0.293 e. The van der Waals surface area contributed by atoms with Crippen molar-refractivity contribution in [1.29, 1.82) is 0 Å².